The maximum atomic E-state index is 11.9. The molecule has 0 unspecified atom stereocenters. The van der Waals surface area contributed by atoms with Crippen molar-refractivity contribution in [1.29, 1.82) is 0 Å². The molecule has 0 aliphatic carbocycles. The molecule has 0 aliphatic rings. The zero-order valence-electron chi connectivity index (χ0n) is 18.3. The van der Waals surface area contributed by atoms with Crippen LogP contribution < -0.4 is 9.47 Å². The third kappa shape index (κ3) is 6.29. The number of ether oxygens (including phenoxy) is 2. The molecule has 0 spiro atoms. The summed E-state index contributed by atoms with van der Waals surface area (Å²) in [7, 11) is 0. The first-order valence-electron chi connectivity index (χ1n) is 10.7. The third-order valence-corrected chi connectivity index (χ3v) is 4.92. The summed E-state index contributed by atoms with van der Waals surface area (Å²) < 4.78 is 11.5. The lowest BCUT2D eigenvalue weighted by atomic mass is 10.1. The maximum absolute atomic E-state index is 11.9. The highest BCUT2D eigenvalue weighted by Gasteiger charge is 2.09. The van der Waals surface area contributed by atoms with Crippen molar-refractivity contribution < 1.29 is 14.3 Å². The van der Waals surface area contributed by atoms with Gasteiger partial charge in [-0.15, -0.1) is 0 Å². The van der Waals surface area contributed by atoms with E-state index in [1.165, 1.54) is 12.8 Å². The smallest absolute Gasteiger partial charge is 0.338 e. The van der Waals surface area contributed by atoms with Crippen molar-refractivity contribution >= 4 is 29.0 Å². The Morgan fingerprint density at radius 1 is 1.03 bits per heavy atom. The molecule has 0 fully saturated rings. The lowest BCUT2D eigenvalue weighted by Crippen LogP contribution is -2.08. The van der Waals surface area contributed by atoms with Crippen LogP contribution in [-0.2, 0) is 4.79 Å². The summed E-state index contributed by atoms with van der Waals surface area (Å²) in [6.07, 6.45) is 10.4. The van der Waals surface area contributed by atoms with Crippen molar-refractivity contribution in [3.05, 3.63) is 78.0 Å². The molecule has 0 saturated heterocycles. The van der Waals surface area contributed by atoms with Crippen molar-refractivity contribution in [1.82, 2.24) is 4.98 Å². The molecule has 0 radical (unpaired) electrons. The monoisotopic (exact) mass is 415 g/mol. The molecule has 3 aromatic rings. The van der Waals surface area contributed by atoms with E-state index in [1.807, 2.05) is 42.6 Å². The molecule has 0 saturated carbocycles. The fourth-order valence-corrected chi connectivity index (χ4v) is 3.19. The SMILES string of the molecule is C=C(C)C(=O)Oc1ccc(/C=C/c2ccnc3ccccc23)c(OCCCCCC)c1. The zero-order chi connectivity index (χ0) is 22.1. The van der Waals surface area contributed by atoms with Gasteiger partial charge in [-0.1, -0.05) is 63.1 Å². The van der Waals surface area contributed by atoms with Crippen molar-refractivity contribution in [2.45, 2.75) is 39.5 Å². The lowest BCUT2D eigenvalue weighted by molar-refractivity contribution is -0.130. The maximum Gasteiger partial charge on any atom is 0.338 e. The average Bonchev–Trinajstić information content (AvgIpc) is 2.78. The van der Waals surface area contributed by atoms with Gasteiger partial charge in [-0.2, -0.15) is 0 Å². The molecule has 0 atom stereocenters. The van der Waals surface area contributed by atoms with Gasteiger partial charge in [0.1, 0.15) is 11.5 Å². The molecule has 0 N–H and O–H groups in total. The number of hydrogen-bond acceptors (Lipinski definition) is 4. The number of unbranched alkanes of at least 4 members (excludes halogenated alkanes) is 3. The van der Waals surface area contributed by atoms with E-state index in [4.69, 9.17) is 9.47 Å². The highest BCUT2D eigenvalue weighted by Crippen LogP contribution is 2.28. The molecular formula is C27H29NO3. The van der Waals surface area contributed by atoms with Crippen LogP contribution in [0.2, 0.25) is 0 Å². The quantitative estimate of drug-likeness (QED) is 0.157. The van der Waals surface area contributed by atoms with E-state index in [-0.39, 0.29) is 0 Å². The molecule has 4 heteroatoms. The molecule has 4 nitrogen and oxygen atoms in total. The number of fused-ring (bicyclic) bond motifs is 1. The minimum atomic E-state index is -0.444. The normalized spacial score (nSPS) is 11.0. The second-order valence-corrected chi connectivity index (χ2v) is 7.53. The van der Waals surface area contributed by atoms with E-state index < -0.39 is 5.97 Å². The minimum Gasteiger partial charge on any atom is -0.493 e. The topological polar surface area (TPSA) is 48.4 Å². The van der Waals surface area contributed by atoms with Crippen molar-refractivity contribution in [2.75, 3.05) is 6.61 Å². The van der Waals surface area contributed by atoms with Crippen LogP contribution in [0, 0.1) is 0 Å². The summed E-state index contributed by atoms with van der Waals surface area (Å²) in [5.74, 6) is 0.696. The van der Waals surface area contributed by atoms with Crippen molar-refractivity contribution in [2.24, 2.45) is 0 Å². The van der Waals surface area contributed by atoms with Crippen LogP contribution in [0.25, 0.3) is 23.1 Å². The molecule has 2 aromatic carbocycles. The standard InChI is InChI=1S/C27H29NO3/c1-4-5-6-9-18-30-26-19-23(31-27(29)20(2)3)15-14-22(26)13-12-21-16-17-28-25-11-8-7-10-24(21)25/h7-8,10-17,19H,2,4-6,9,18H2,1,3H3/b13-12+. The number of nitrogens with zero attached hydrogens (tertiary/aromatic N) is 1. The Balaban J connectivity index is 1.85. The first-order valence-corrected chi connectivity index (χ1v) is 10.7. The van der Waals surface area contributed by atoms with Gasteiger partial charge in [-0.3, -0.25) is 4.98 Å². The van der Waals surface area contributed by atoms with Gasteiger partial charge in [0, 0.05) is 28.8 Å². The number of carbonyl (C=O) groups is 1. The second kappa shape index (κ2) is 11.1. The number of carbonyl (C=O) groups excluding carboxylic acids is 1. The second-order valence-electron chi connectivity index (χ2n) is 7.53. The van der Waals surface area contributed by atoms with E-state index in [9.17, 15) is 4.79 Å². The van der Waals surface area contributed by atoms with Gasteiger partial charge in [0.05, 0.1) is 12.1 Å². The van der Waals surface area contributed by atoms with E-state index in [1.54, 1.807) is 19.1 Å². The van der Waals surface area contributed by atoms with Crippen LogP contribution in [0.15, 0.2) is 66.9 Å². The lowest BCUT2D eigenvalue weighted by Gasteiger charge is -2.12. The molecule has 1 aromatic heterocycles. The Morgan fingerprint density at radius 2 is 1.84 bits per heavy atom. The first-order chi connectivity index (χ1) is 15.1. The van der Waals surface area contributed by atoms with Gasteiger partial charge in [-0.05, 0) is 43.2 Å². The summed E-state index contributed by atoms with van der Waals surface area (Å²) in [6.45, 7) is 8.07. The van der Waals surface area contributed by atoms with Gasteiger partial charge in [0.25, 0.3) is 0 Å². The molecule has 0 bridgehead atoms. The predicted octanol–water partition coefficient (Wildman–Crippen LogP) is 6.85. The summed E-state index contributed by atoms with van der Waals surface area (Å²) in [6, 6.07) is 15.5. The van der Waals surface area contributed by atoms with E-state index in [0.29, 0.717) is 23.7 Å². The van der Waals surface area contributed by atoms with Gasteiger partial charge in [-0.25, -0.2) is 4.79 Å². The number of pyridine rings is 1. The fraction of sp³-hybridized carbons (Fsp3) is 0.259. The van der Waals surface area contributed by atoms with Gasteiger partial charge in [0.2, 0.25) is 0 Å². The van der Waals surface area contributed by atoms with Crippen molar-refractivity contribution in [3.63, 3.8) is 0 Å². The summed E-state index contributed by atoms with van der Waals surface area (Å²) in [5.41, 5.74) is 3.32. The molecular weight excluding hydrogens is 386 g/mol. The number of para-hydroxylation sites is 1. The van der Waals surface area contributed by atoms with Gasteiger partial charge >= 0.3 is 5.97 Å². The summed E-state index contributed by atoms with van der Waals surface area (Å²) in [4.78, 5) is 16.3. The summed E-state index contributed by atoms with van der Waals surface area (Å²) in [5, 5.41) is 1.09. The number of aromatic nitrogens is 1. The summed E-state index contributed by atoms with van der Waals surface area (Å²) >= 11 is 0. The Labute approximate surface area is 184 Å². The molecule has 0 amide bonds. The Morgan fingerprint density at radius 3 is 2.65 bits per heavy atom. The van der Waals surface area contributed by atoms with Crippen LogP contribution in [0.1, 0.15) is 50.7 Å². The molecule has 3 rings (SSSR count). The Bertz CT molecular complexity index is 1080. The van der Waals surface area contributed by atoms with E-state index >= 15 is 0 Å². The number of esters is 1. The predicted molar refractivity (Wildman–Crippen MR) is 127 cm³/mol. The third-order valence-electron chi connectivity index (χ3n) is 4.92. The Kier molecular flexibility index (Phi) is 7.99. The van der Waals surface area contributed by atoms with E-state index in [0.717, 1.165) is 34.9 Å². The molecule has 160 valence electrons. The van der Waals surface area contributed by atoms with Crippen LogP contribution in [-0.4, -0.2) is 17.6 Å². The number of hydrogen-bond donors (Lipinski definition) is 0. The highest BCUT2D eigenvalue weighted by molar-refractivity contribution is 5.91. The van der Waals surface area contributed by atoms with E-state index in [2.05, 4.69) is 30.6 Å². The van der Waals surface area contributed by atoms with Crippen LogP contribution in [0.5, 0.6) is 11.5 Å². The first kappa shape index (κ1) is 22.3. The number of benzene rings is 2. The zero-order valence-corrected chi connectivity index (χ0v) is 18.3. The van der Waals surface area contributed by atoms with Gasteiger partial charge < -0.3 is 9.47 Å². The molecule has 31 heavy (non-hydrogen) atoms. The largest absolute Gasteiger partial charge is 0.493 e. The number of rotatable bonds is 10. The minimum absolute atomic E-state index is 0.357. The van der Waals surface area contributed by atoms with Crippen LogP contribution >= 0.6 is 0 Å². The Hall–Kier alpha value is -3.40. The van der Waals surface area contributed by atoms with Gasteiger partial charge in [0.15, 0.2) is 0 Å². The highest BCUT2D eigenvalue weighted by atomic mass is 16.5. The van der Waals surface area contributed by atoms with Crippen LogP contribution in [0.4, 0.5) is 0 Å². The fourth-order valence-electron chi connectivity index (χ4n) is 3.19. The average molecular weight is 416 g/mol. The molecule has 0 aliphatic heterocycles. The van der Waals surface area contributed by atoms with Crippen LogP contribution in [0.3, 0.4) is 0 Å². The molecule has 1 heterocycles. The van der Waals surface area contributed by atoms with Crippen molar-refractivity contribution in [3.8, 4) is 11.5 Å².